The number of hydrogen-bond acceptors (Lipinski definition) is 13. The second-order valence-electron chi connectivity index (χ2n) is 25.0. The van der Waals surface area contributed by atoms with Crippen LogP contribution in [-0.2, 0) is 23.7 Å². The molecule has 2 aliphatic rings. The highest BCUT2D eigenvalue weighted by Crippen LogP contribution is 2.30. The Morgan fingerprint density at radius 2 is 0.745 bits per heavy atom. The lowest BCUT2D eigenvalue weighted by Gasteiger charge is -2.46. The number of amides is 1. The first-order valence-electron chi connectivity index (χ1n) is 36.7. The summed E-state index contributed by atoms with van der Waals surface area (Å²) in [5, 5.41) is 87.4. The van der Waals surface area contributed by atoms with Gasteiger partial charge in [-0.1, -0.05) is 281 Å². The van der Waals surface area contributed by atoms with Crippen LogP contribution in [0.1, 0.15) is 245 Å². The molecule has 14 heteroatoms. The van der Waals surface area contributed by atoms with Gasteiger partial charge in [0.05, 0.1) is 32.0 Å². The summed E-state index contributed by atoms with van der Waals surface area (Å²) < 4.78 is 22.8. The Bertz CT molecular complexity index is 2190. The lowest BCUT2D eigenvalue weighted by molar-refractivity contribution is -0.359. The highest BCUT2D eigenvalue weighted by molar-refractivity contribution is 5.76. The predicted octanol–water partition coefficient (Wildman–Crippen LogP) is 15.8. The molecule has 2 fully saturated rings. The molecule has 0 saturated carbocycles. The maximum Gasteiger partial charge on any atom is 0.220 e. The fourth-order valence-corrected chi connectivity index (χ4v) is 10.9. The first-order valence-corrected chi connectivity index (χ1v) is 36.7. The van der Waals surface area contributed by atoms with E-state index in [1.807, 2.05) is 6.08 Å². The Labute approximate surface area is 569 Å². The maximum atomic E-state index is 13.3. The van der Waals surface area contributed by atoms with Crippen molar-refractivity contribution in [3.8, 4) is 0 Å². The minimum atomic E-state index is -1.80. The van der Waals surface area contributed by atoms with Crippen LogP contribution in [0.5, 0.6) is 0 Å². The lowest BCUT2D eigenvalue weighted by atomic mass is 9.97. The molecule has 12 atom stereocenters. The summed E-state index contributed by atoms with van der Waals surface area (Å²) in [4.78, 5) is 13.3. The minimum absolute atomic E-state index is 0.250. The van der Waals surface area contributed by atoms with E-state index in [2.05, 4.69) is 165 Å². The second-order valence-corrected chi connectivity index (χ2v) is 25.0. The number of hydrogen-bond donors (Lipinski definition) is 9. The van der Waals surface area contributed by atoms with Gasteiger partial charge < -0.3 is 65.1 Å². The van der Waals surface area contributed by atoms with Crippen LogP contribution >= 0.6 is 0 Å². The number of nitrogens with one attached hydrogen (secondary N) is 1. The number of aliphatic hydroxyl groups is 8. The minimum Gasteiger partial charge on any atom is -0.394 e. The largest absolute Gasteiger partial charge is 0.394 e. The van der Waals surface area contributed by atoms with Crippen molar-refractivity contribution < 1.29 is 64.6 Å². The molecule has 2 aliphatic heterocycles. The summed E-state index contributed by atoms with van der Waals surface area (Å²) in [6.45, 7) is 2.66. The number of carbonyl (C=O) groups is 1. The van der Waals surface area contributed by atoms with Crippen LogP contribution in [0, 0.1) is 0 Å². The van der Waals surface area contributed by atoms with Gasteiger partial charge in [-0.25, -0.2) is 0 Å². The number of rotatable bonds is 58. The summed E-state index contributed by atoms with van der Waals surface area (Å²) in [5.74, 6) is -0.266. The molecular formula is C80H131NO13. The average Bonchev–Trinajstić information content (AvgIpc) is 0.794. The number of unbranched alkanes of at least 4 members (excludes halogenated alkanes) is 21. The van der Waals surface area contributed by atoms with Gasteiger partial charge in [-0.2, -0.15) is 0 Å². The number of allylic oxidation sites excluding steroid dienone is 25. The summed E-state index contributed by atoms with van der Waals surface area (Å²) in [5.41, 5.74) is 0. The van der Waals surface area contributed by atoms with Crippen molar-refractivity contribution in [3.63, 3.8) is 0 Å². The molecule has 534 valence electrons. The molecule has 0 radical (unpaired) electrons. The monoisotopic (exact) mass is 1310 g/mol. The summed E-state index contributed by atoms with van der Waals surface area (Å²) in [6.07, 6.45) is 78.7. The molecule has 0 bridgehead atoms. The molecule has 0 aromatic carbocycles. The Hall–Kier alpha value is -4.39. The van der Waals surface area contributed by atoms with E-state index in [-0.39, 0.29) is 18.9 Å². The van der Waals surface area contributed by atoms with Crippen molar-refractivity contribution in [3.05, 3.63) is 158 Å². The summed E-state index contributed by atoms with van der Waals surface area (Å²) in [7, 11) is 0. The van der Waals surface area contributed by atoms with Gasteiger partial charge in [-0.05, 0) is 116 Å². The Morgan fingerprint density at radius 1 is 0.394 bits per heavy atom. The van der Waals surface area contributed by atoms with Gasteiger partial charge in [0.25, 0.3) is 0 Å². The Balaban J connectivity index is 1.65. The molecule has 2 rings (SSSR count). The van der Waals surface area contributed by atoms with Crippen molar-refractivity contribution in [2.24, 2.45) is 0 Å². The van der Waals surface area contributed by atoms with E-state index in [0.717, 1.165) is 128 Å². The first kappa shape index (κ1) is 85.7. The molecule has 12 unspecified atom stereocenters. The van der Waals surface area contributed by atoms with E-state index >= 15 is 0 Å². The molecule has 1 amide bonds. The van der Waals surface area contributed by atoms with Gasteiger partial charge in [0.15, 0.2) is 12.6 Å². The molecule has 2 heterocycles. The molecule has 2 saturated heterocycles. The van der Waals surface area contributed by atoms with E-state index in [1.54, 1.807) is 6.08 Å². The van der Waals surface area contributed by atoms with Gasteiger partial charge in [0.1, 0.15) is 48.8 Å². The van der Waals surface area contributed by atoms with Crippen molar-refractivity contribution >= 4 is 5.91 Å². The zero-order valence-corrected chi connectivity index (χ0v) is 58.1. The van der Waals surface area contributed by atoms with Gasteiger partial charge in [0.2, 0.25) is 5.91 Å². The molecule has 0 spiro atoms. The van der Waals surface area contributed by atoms with Gasteiger partial charge in [-0.3, -0.25) is 4.79 Å². The van der Waals surface area contributed by atoms with Crippen LogP contribution in [-0.4, -0.2) is 140 Å². The predicted molar refractivity (Wildman–Crippen MR) is 387 cm³/mol. The third-order valence-corrected chi connectivity index (χ3v) is 16.7. The molecule has 0 aromatic rings. The molecule has 0 aromatic heterocycles. The van der Waals surface area contributed by atoms with E-state index in [1.165, 1.54) is 83.5 Å². The zero-order chi connectivity index (χ0) is 68.0. The molecule has 94 heavy (non-hydrogen) atoms. The van der Waals surface area contributed by atoms with E-state index in [0.29, 0.717) is 12.8 Å². The molecular weight excluding hydrogens is 1180 g/mol. The van der Waals surface area contributed by atoms with Crippen molar-refractivity contribution in [2.75, 3.05) is 19.8 Å². The quantitative estimate of drug-likeness (QED) is 0.0204. The summed E-state index contributed by atoms with van der Waals surface area (Å²) >= 11 is 0. The van der Waals surface area contributed by atoms with Crippen LogP contribution in [0.4, 0.5) is 0 Å². The summed E-state index contributed by atoms with van der Waals surface area (Å²) in [6, 6.07) is -0.950. The number of ether oxygens (including phenoxy) is 4. The van der Waals surface area contributed by atoms with Gasteiger partial charge in [0, 0.05) is 6.42 Å². The average molecular weight is 1310 g/mol. The maximum absolute atomic E-state index is 13.3. The van der Waals surface area contributed by atoms with Crippen molar-refractivity contribution in [1.29, 1.82) is 0 Å². The van der Waals surface area contributed by atoms with Gasteiger partial charge in [-0.15, -0.1) is 0 Å². The fraction of sp³-hybridized carbons (Fsp3) is 0.662. The third kappa shape index (κ3) is 45.2. The fourth-order valence-electron chi connectivity index (χ4n) is 10.9. The van der Waals surface area contributed by atoms with Crippen LogP contribution < -0.4 is 5.32 Å². The Morgan fingerprint density at radius 3 is 1.17 bits per heavy atom. The second kappa shape index (κ2) is 62.2. The zero-order valence-electron chi connectivity index (χ0n) is 58.1. The van der Waals surface area contributed by atoms with Crippen LogP contribution in [0.3, 0.4) is 0 Å². The molecule has 0 aliphatic carbocycles. The number of carbonyl (C=O) groups excluding carboxylic acids is 1. The molecule has 9 N–H and O–H groups in total. The normalized spacial score (nSPS) is 23.4. The lowest BCUT2D eigenvalue weighted by Crippen LogP contribution is -2.65. The third-order valence-electron chi connectivity index (χ3n) is 16.7. The smallest absolute Gasteiger partial charge is 0.220 e. The topological polar surface area (TPSA) is 228 Å². The van der Waals surface area contributed by atoms with Crippen LogP contribution in [0.2, 0.25) is 0 Å². The highest BCUT2D eigenvalue weighted by atomic mass is 16.7. The SMILES string of the molecule is CC/C=C\C/C=C\C/C=C\C/C=C\C/C=C\C/C=C\C/C=C\C/C=C\C/C=C\C/C=C\C/C=C\CCCCCCCCCC(=O)NC(COC1OC(CO)C(OC2OC(CO)C(O)C(O)C2O)C(O)C1O)C(O)/C=C/CC/C=C/CCCCCCCCCCCCCCC. The standard InChI is InChI=1S/C80H131NO13/c1-3-5-7-9-11-13-15-17-19-21-23-24-25-26-27-28-29-30-31-32-33-34-35-36-37-38-39-40-41-42-43-44-46-48-50-52-54-56-58-60-62-64-72(85)81-68(69(84)63-61-59-57-55-53-51-49-47-45-22-20-18-16-14-12-10-8-6-4-2)67-91-79-77(90)75(88)78(71(66-83)93-79)94-80-76(89)74(87)73(86)70(65-82)92-80/h5,7,11,13,17,19,23-24,26-27,29-30,32-33,35-36,38-39,41-42,44,46,53,55,61,63,68-71,73-80,82-84,86-90H,3-4,6,8-10,12,14-16,18,20-22,25,28,31,34,37,40,43,45,47-52,54,56-60,62,64-67H2,1-2H3,(H,81,85)/b7-5-,13-11-,19-17-,24-23-,27-26-,30-29-,33-32-,36-35-,39-38-,42-41-,46-44-,55-53+,63-61+. The van der Waals surface area contributed by atoms with Gasteiger partial charge >= 0.3 is 0 Å². The van der Waals surface area contributed by atoms with Crippen molar-refractivity contribution in [1.82, 2.24) is 5.32 Å². The van der Waals surface area contributed by atoms with Crippen LogP contribution in [0.15, 0.2) is 158 Å². The van der Waals surface area contributed by atoms with E-state index in [9.17, 15) is 45.6 Å². The first-order chi connectivity index (χ1) is 46.1. The van der Waals surface area contributed by atoms with E-state index < -0.39 is 86.8 Å². The van der Waals surface area contributed by atoms with Crippen molar-refractivity contribution in [2.45, 2.75) is 319 Å². The van der Waals surface area contributed by atoms with Crippen LogP contribution in [0.25, 0.3) is 0 Å². The molecule has 14 nitrogen and oxygen atoms in total. The highest BCUT2D eigenvalue weighted by Gasteiger charge is 2.51. The van der Waals surface area contributed by atoms with E-state index in [4.69, 9.17) is 18.9 Å². The Kier molecular flexibility index (Phi) is 56.7. The number of aliphatic hydroxyl groups excluding tert-OH is 8.